The molecule has 0 aromatic carbocycles. The molecule has 0 aromatic heterocycles. The van der Waals surface area contributed by atoms with Crippen LogP contribution < -0.4 is 21.7 Å². The minimum absolute atomic E-state index is 0.0387. The smallest absolute Gasteiger partial charge is 0.329 e. The first-order valence-electron chi connectivity index (χ1n) is 12.6. The van der Waals surface area contributed by atoms with Gasteiger partial charge in [0, 0.05) is 13.0 Å². The van der Waals surface area contributed by atoms with E-state index in [1.165, 1.54) is 0 Å². The molecule has 2 atom stereocenters. The van der Waals surface area contributed by atoms with Gasteiger partial charge in [0.1, 0.15) is 28.9 Å². The van der Waals surface area contributed by atoms with E-state index in [2.05, 4.69) is 22.5 Å². The normalized spacial score (nSPS) is 13.5. The molecule has 0 rings (SSSR count). The Morgan fingerprint density at radius 1 is 0.730 bits per heavy atom. The van der Waals surface area contributed by atoms with Crippen LogP contribution in [0.4, 0.5) is 4.79 Å². The van der Waals surface area contributed by atoms with Crippen LogP contribution in [0.25, 0.3) is 0 Å². The van der Waals surface area contributed by atoms with Gasteiger partial charge < -0.3 is 35.9 Å². The number of rotatable bonds is 13. The molecular weight excluding hydrogens is 480 g/mol. The lowest BCUT2D eigenvalue weighted by Crippen LogP contribution is -2.53. The molecule has 11 nitrogen and oxygen atoms in total. The molecule has 0 saturated carbocycles. The van der Waals surface area contributed by atoms with Gasteiger partial charge in [-0.05, 0) is 88.0 Å². The van der Waals surface area contributed by atoms with Gasteiger partial charge in [0.25, 0.3) is 0 Å². The van der Waals surface area contributed by atoms with E-state index in [1.807, 2.05) is 0 Å². The summed E-state index contributed by atoms with van der Waals surface area (Å²) in [7, 11) is 0. The third kappa shape index (κ3) is 18.9. The highest BCUT2D eigenvalue weighted by atomic mass is 16.6. The Labute approximate surface area is 221 Å². The number of amides is 2. The highest BCUT2D eigenvalue weighted by Gasteiger charge is 2.31. The van der Waals surface area contributed by atoms with Crippen molar-refractivity contribution in [3.63, 3.8) is 0 Å². The summed E-state index contributed by atoms with van der Waals surface area (Å²) in [5.74, 6) is -1.46. The number of unbranched alkanes of at least 4 members (excludes halogenated alkanes) is 1. The van der Waals surface area contributed by atoms with Crippen molar-refractivity contribution in [2.24, 2.45) is 5.73 Å². The molecule has 0 aliphatic carbocycles. The summed E-state index contributed by atoms with van der Waals surface area (Å²) < 4.78 is 16.2. The van der Waals surface area contributed by atoms with Crippen LogP contribution in [-0.4, -0.2) is 59.4 Å². The van der Waals surface area contributed by atoms with Crippen LogP contribution in [0.15, 0.2) is 12.4 Å². The Kier molecular flexibility index (Phi) is 13.5. The third-order valence-electron chi connectivity index (χ3n) is 4.32. The predicted octanol–water partition coefficient (Wildman–Crippen LogP) is 3.02. The number of carbonyl (C=O) groups excluding carboxylic acids is 4. The summed E-state index contributed by atoms with van der Waals surface area (Å²) in [5, 5.41) is 8.04. The lowest BCUT2D eigenvalue weighted by Gasteiger charge is -2.27. The van der Waals surface area contributed by atoms with Crippen LogP contribution in [0.1, 0.15) is 94.4 Å². The number of ether oxygens (including phenoxy) is 3. The Morgan fingerprint density at radius 3 is 1.57 bits per heavy atom. The maximum absolute atomic E-state index is 12.9. The van der Waals surface area contributed by atoms with Gasteiger partial charge in [-0.1, -0.05) is 6.58 Å². The first kappa shape index (κ1) is 34.0. The predicted molar refractivity (Wildman–Crippen MR) is 141 cm³/mol. The van der Waals surface area contributed by atoms with E-state index >= 15 is 0 Å². The summed E-state index contributed by atoms with van der Waals surface area (Å²) in [6.07, 6.45) is 1.41. The monoisotopic (exact) mass is 528 g/mol. The summed E-state index contributed by atoms with van der Waals surface area (Å²) >= 11 is 0. The summed E-state index contributed by atoms with van der Waals surface area (Å²) in [4.78, 5) is 50.6. The molecule has 0 fully saturated rings. The molecule has 0 heterocycles. The van der Waals surface area contributed by atoms with Crippen LogP contribution in [-0.2, 0) is 28.6 Å². The molecule has 0 bridgehead atoms. The average Bonchev–Trinajstić information content (AvgIpc) is 2.65. The molecule has 0 unspecified atom stereocenters. The van der Waals surface area contributed by atoms with Gasteiger partial charge in [0.15, 0.2) is 0 Å². The van der Waals surface area contributed by atoms with Gasteiger partial charge in [-0.3, -0.25) is 4.79 Å². The Morgan fingerprint density at radius 2 is 1.16 bits per heavy atom. The average molecular weight is 529 g/mol. The summed E-state index contributed by atoms with van der Waals surface area (Å²) in [5.41, 5.74) is 3.25. The maximum Gasteiger partial charge on any atom is 0.329 e. The first-order chi connectivity index (χ1) is 16.7. The minimum atomic E-state index is -1.13. The molecule has 0 aliphatic heterocycles. The van der Waals surface area contributed by atoms with Crippen molar-refractivity contribution in [3.05, 3.63) is 12.4 Å². The van der Waals surface area contributed by atoms with Crippen molar-refractivity contribution in [1.82, 2.24) is 16.0 Å². The van der Waals surface area contributed by atoms with Crippen molar-refractivity contribution in [3.8, 4) is 0 Å². The van der Waals surface area contributed by atoms with Gasteiger partial charge >= 0.3 is 23.9 Å². The van der Waals surface area contributed by atoms with E-state index < -0.39 is 52.8 Å². The number of nitrogens with one attached hydrogen (secondary N) is 3. The largest absolute Gasteiger partial charge is 0.460 e. The number of nitrogens with two attached hydrogens (primary N) is 1. The van der Waals surface area contributed by atoms with Crippen molar-refractivity contribution in [2.75, 3.05) is 6.54 Å². The van der Waals surface area contributed by atoms with Crippen molar-refractivity contribution < 1.29 is 33.4 Å². The fourth-order valence-corrected chi connectivity index (χ4v) is 2.98. The Bertz CT molecular complexity index is 792. The summed E-state index contributed by atoms with van der Waals surface area (Å²) in [6.45, 7) is 19.6. The molecule has 214 valence electrons. The lowest BCUT2D eigenvalue weighted by molar-refractivity contribution is -0.159. The van der Waals surface area contributed by atoms with Gasteiger partial charge in [-0.25, -0.2) is 14.4 Å². The second kappa shape index (κ2) is 14.7. The molecule has 37 heavy (non-hydrogen) atoms. The van der Waals surface area contributed by atoms with Crippen molar-refractivity contribution in [2.45, 2.75) is 123 Å². The van der Waals surface area contributed by atoms with Gasteiger partial charge in [-0.2, -0.15) is 0 Å². The third-order valence-corrected chi connectivity index (χ3v) is 4.32. The van der Waals surface area contributed by atoms with Crippen molar-refractivity contribution in [1.29, 1.82) is 0 Å². The second-order valence-corrected chi connectivity index (χ2v) is 11.9. The summed E-state index contributed by atoms with van der Waals surface area (Å²) in [6, 6.07) is -2.85. The fraction of sp³-hybridized carbons (Fsp3) is 0.769. The van der Waals surface area contributed by atoms with Crippen LogP contribution in [0.3, 0.4) is 0 Å². The standard InChI is InChI=1S/C26H48N4O7/c1-17(27)28-16-12-11-13-18(21(32)36-25(5,6)7)29-23(34)30-19(22(33)37-26(8,9)10)14-15-20(31)35-24(2,3)4/h18-19,28H,1,11-16,27H2,2-10H3,(H2,29,30,34)/t18-,19-/m0/s1. The molecule has 0 spiro atoms. The number of esters is 3. The molecular formula is C26H48N4O7. The number of hydrogen-bond donors (Lipinski definition) is 4. The zero-order valence-electron chi connectivity index (χ0n) is 24.0. The van der Waals surface area contributed by atoms with E-state index in [9.17, 15) is 19.2 Å². The lowest BCUT2D eigenvalue weighted by atomic mass is 10.1. The zero-order chi connectivity index (χ0) is 29.0. The van der Waals surface area contributed by atoms with E-state index in [0.717, 1.165) is 0 Å². The van der Waals surface area contributed by atoms with E-state index in [4.69, 9.17) is 19.9 Å². The number of hydrogen-bond acceptors (Lipinski definition) is 9. The molecule has 0 aromatic rings. The maximum atomic E-state index is 12.9. The molecule has 0 saturated heterocycles. The van der Waals surface area contributed by atoms with Crippen molar-refractivity contribution >= 4 is 23.9 Å². The molecule has 5 N–H and O–H groups in total. The SMILES string of the molecule is C=C(N)NCCCC[C@H](NC(=O)N[C@@H](CCC(=O)OC(C)(C)C)C(=O)OC(C)(C)C)C(=O)OC(C)(C)C. The minimum Gasteiger partial charge on any atom is -0.460 e. The van der Waals surface area contributed by atoms with Crippen LogP contribution >= 0.6 is 0 Å². The number of urea groups is 1. The van der Waals surface area contributed by atoms with Gasteiger partial charge in [0.05, 0.1) is 5.82 Å². The molecule has 2 amide bonds. The first-order valence-corrected chi connectivity index (χ1v) is 12.6. The van der Waals surface area contributed by atoms with Gasteiger partial charge in [-0.15, -0.1) is 0 Å². The number of carbonyl (C=O) groups is 4. The van der Waals surface area contributed by atoms with Crippen LogP contribution in [0.2, 0.25) is 0 Å². The van der Waals surface area contributed by atoms with Crippen LogP contribution in [0, 0.1) is 0 Å². The highest BCUT2D eigenvalue weighted by molar-refractivity contribution is 5.87. The topological polar surface area (TPSA) is 158 Å². The van der Waals surface area contributed by atoms with Crippen LogP contribution in [0.5, 0.6) is 0 Å². The van der Waals surface area contributed by atoms with E-state index in [1.54, 1.807) is 62.3 Å². The highest BCUT2D eigenvalue weighted by Crippen LogP contribution is 2.15. The molecule has 0 radical (unpaired) electrons. The Balaban J connectivity index is 5.40. The second-order valence-electron chi connectivity index (χ2n) is 11.9. The Hall–Kier alpha value is -2.98. The molecule has 0 aliphatic rings. The fourth-order valence-electron chi connectivity index (χ4n) is 2.98. The van der Waals surface area contributed by atoms with E-state index in [0.29, 0.717) is 31.6 Å². The quantitative estimate of drug-likeness (QED) is 0.160. The van der Waals surface area contributed by atoms with E-state index in [-0.39, 0.29) is 12.8 Å². The van der Waals surface area contributed by atoms with Gasteiger partial charge in [0.2, 0.25) is 0 Å². The molecule has 11 heteroatoms. The zero-order valence-corrected chi connectivity index (χ0v) is 24.0.